The Labute approximate surface area is 189 Å². The predicted molar refractivity (Wildman–Crippen MR) is 126 cm³/mol. The van der Waals surface area contributed by atoms with E-state index in [1.807, 2.05) is 49.4 Å². The van der Waals surface area contributed by atoms with Crippen LogP contribution in [0.3, 0.4) is 0 Å². The van der Waals surface area contributed by atoms with Crippen molar-refractivity contribution >= 4 is 28.6 Å². The third-order valence-corrected chi connectivity index (χ3v) is 5.59. The largest absolute Gasteiger partial charge is 0.481 e. The SMILES string of the molecule is CCn1c(OC)c(C(=O)O)c(=O)c2c(Cc3cnc(N)nc3N)c(-c3ccccc3)ccc21. The average Bonchev–Trinajstić information content (AvgIpc) is 2.80. The van der Waals surface area contributed by atoms with Gasteiger partial charge in [-0.25, -0.2) is 9.78 Å². The van der Waals surface area contributed by atoms with Gasteiger partial charge in [-0.2, -0.15) is 4.98 Å². The van der Waals surface area contributed by atoms with Crippen molar-refractivity contribution in [3.8, 4) is 17.0 Å². The fraction of sp³-hybridized carbons (Fsp3) is 0.167. The first-order chi connectivity index (χ1) is 15.9. The molecule has 0 fully saturated rings. The van der Waals surface area contributed by atoms with Crippen molar-refractivity contribution in [3.63, 3.8) is 0 Å². The van der Waals surface area contributed by atoms with Gasteiger partial charge in [0.05, 0.1) is 18.0 Å². The number of carboxylic acid groups (broad SMARTS) is 1. The number of fused-ring (bicyclic) bond motifs is 1. The summed E-state index contributed by atoms with van der Waals surface area (Å²) in [6.07, 6.45) is 1.73. The van der Waals surface area contributed by atoms with Crippen molar-refractivity contribution in [3.05, 3.63) is 75.6 Å². The Bertz CT molecular complexity index is 1430. The lowest BCUT2D eigenvalue weighted by Crippen LogP contribution is -2.23. The monoisotopic (exact) mass is 445 g/mol. The minimum absolute atomic E-state index is 0.0104. The zero-order valence-corrected chi connectivity index (χ0v) is 18.2. The number of carbonyl (C=O) groups is 1. The number of aryl methyl sites for hydroxylation is 1. The van der Waals surface area contributed by atoms with Gasteiger partial charge in [0.25, 0.3) is 0 Å². The van der Waals surface area contributed by atoms with Crippen molar-refractivity contribution in [2.45, 2.75) is 19.9 Å². The van der Waals surface area contributed by atoms with Crippen LogP contribution in [0.1, 0.15) is 28.4 Å². The van der Waals surface area contributed by atoms with Gasteiger partial charge in [-0.3, -0.25) is 4.79 Å². The third kappa shape index (κ3) is 3.73. The van der Waals surface area contributed by atoms with Gasteiger partial charge >= 0.3 is 5.97 Å². The molecule has 0 spiro atoms. The molecule has 0 saturated heterocycles. The molecule has 168 valence electrons. The Hall–Kier alpha value is -4.40. The van der Waals surface area contributed by atoms with Gasteiger partial charge in [0.2, 0.25) is 17.3 Å². The van der Waals surface area contributed by atoms with Crippen LogP contribution < -0.4 is 21.6 Å². The molecule has 0 atom stereocenters. The summed E-state index contributed by atoms with van der Waals surface area (Å²) >= 11 is 0. The van der Waals surface area contributed by atoms with Crippen LogP contribution in [0.5, 0.6) is 5.88 Å². The number of anilines is 2. The number of aromatic nitrogens is 3. The number of nitrogen functional groups attached to an aromatic ring is 2. The highest BCUT2D eigenvalue weighted by molar-refractivity contribution is 5.98. The van der Waals surface area contributed by atoms with Gasteiger partial charge < -0.3 is 25.9 Å². The van der Waals surface area contributed by atoms with Gasteiger partial charge in [-0.05, 0) is 29.7 Å². The van der Waals surface area contributed by atoms with Crippen molar-refractivity contribution < 1.29 is 14.6 Å². The molecule has 9 nitrogen and oxygen atoms in total. The molecule has 0 radical (unpaired) electrons. The van der Waals surface area contributed by atoms with Gasteiger partial charge in [0, 0.05) is 24.7 Å². The highest BCUT2D eigenvalue weighted by Gasteiger charge is 2.26. The van der Waals surface area contributed by atoms with Crippen LogP contribution in [0.2, 0.25) is 0 Å². The first-order valence-electron chi connectivity index (χ1n) is 10.3. The molecule has 0 unspecified atom stereocenters. The highest BCUT2D eigenvalue weighted by atomic mass is 16.5. The summed E-state index contributed by atoms with van der Waals surface area (Å²) in [7, 11) is 1.35. The number of ether oxygens (including phenoxy) is 1. The number of pyridine rings is 1. The number of aromatic carboxylic acids is 1. The number of carboxylic acids is 1. The lowest BCUT2D eigenvalue weighted by atomic mass is 9.91. The third-order valence-electron chi connectivity index (χ3n) is 5.59. The number of hydrogen-bond donors (Lipinski definition) is 3. The maximum absolute atomic E-state index is 13.6. The van der Waals surface area contributed by atoms with Gasteiger partial charge in [0.15, 0.2) is 5.56 Å². The van der Waals surface area contributed by atoms with E-state index in [4.69, 9.17) is 16.2 Å². The molecular formula is C24H23N5O4. The Morgan fingerprint density at radius 2 is 1.88 bits per heavy atom. The second-order valence-corrected chi connectivity index (χ2v) is 7.43. The molecule has 4 aromatic rings. The molecule has 2 heterocycles. The molecule has 0 aliphatic rings. The van der Waals surface area contributed by atoms with Crippen molar-refractivity contribution in [2.75, 3.05) is 18.6 Å². The number of benzene rings is 2. The quantitative estimate of drug-likeness (QED) is 0.410. The number of rotatable bonds is 6. The molecule has 0 bridgehead atoms. The van der Waals surface area contributed by atoms with Crippen molar-refractivity contribution in [1.82, 2.24) is 14.5 Å². The van der Waals surface area contributed by atoms with E-state index in [0.717, 1.165) is 11.1 Å². The molecule has 0 saturated carbocycles. The molecule has 33 heavy (non-hydrogen) atoms. The Morgan fingerprint density at radius 1 is 1.15 bits per heavy atom. The predicted octanol–water partition coefficient (Wildman–Crippen LogP) is 2.94. The van der Waals surface area contributed by atoms with Crippen molar-refractivity contribution in [2.24, 2.45) is 0 Å². The Balaban J connectivity index is 2.15. The van der Waals surface area contributed by atoms with Crippen LogP contribution in [0, 0.1) is 0 Å². The summed E-state index contributed by atoms with van der Waals surface area (Å²) in [5, 5.41) is 10.1. The fourth-order valence-corrected chi connectivity index (χ4v) is 4.13. The number of hydrogen-bond acceptors (Lipinski definition) is 7. The Morgan fingerprint density at radius 3 is 2.48 bits per heavy atom. The summed E-state index contributed by atoms with van der Waals surface area (Å²) in [5.41, 5.74) is 14.1. The van der Waals surface area contributed by atoms with Crippen LogP contribution >= 0.6 is 0 Å². The average molecular weight is 445 g/mol. The molecule has 2 aromatic heterocycles. The second-order valence-electron chi connectivity index (χ2n) is 7.43. The Kier molecular flexibility index (Phi) is 5.70. The zero-order chi connectivity index (χ0) is 23.7. The minimum Gasteiger partial charge on any atom is -0.481 e. The van der Waals surface area contributed by atoms with Gasteiger partial charge in [-0.1, -0.05) is 36.4 Å². The van der Waals surface area contributed by atoms with Crippen LogP contribution in [-0.4, -0.2) is 32.7 Å². The molecule has 0 aliphatic carbocycles. The van der Waals surface area contributed by atoms with Crippen molar-refractivity contribution in [1.29, 1.82) is 0 Å². The number of nitrogens with two attached hydrogens (primary N) is 2. The van der Waals surface area contributed by atoms with E-state index < -0.39 is 17.0 Å². The van der Waals surface area contributed by atoms with Gasteiger partial charge in [0.1, 0.15) is 5.82 Å². The summed E-state index contributed by atoms with van der Waals surface area (Å²) in [4.78, 5) is 33.7. The lowest BCUT2D eigenvalue weighted by molar-refractivity contribution is 0.0690. The van der Waals surface area contributed by atoms with Crippen LogP contribution in [0.25, 0.3) is 22.0 Å². The molecule has 5 N–H and O–H groups in total. The highest BCUT2D eigenvalue weighted by Crippen LogP contribution is 2.34. The van der Waals surface area contributed by atoms with E-state index in [1.165, 1.54) is 13.3 Å². The maximum atomic E-state index is 13.6. The topological polar surface area (TPSA) is 146 Å². The van der Waals surface area contributed by atoms with E-state index in [2.05, 4.69) is 9.97 Å². The molecule has 4 rings (SSSR count). The summed E-state index contributed by atoms with van der Waals surface area (Å²) < 4.78 is 7.03. The number of methoxy groups -OCH3 is 1. The summed E-state index contributed by atoms with van der Waals surface area (Å²) in [5.74, 6) is -1.10. The molecule has 0 amide bonds. The molecule has 9 heteroatoms. The normalized spacial score (nSPS) is 11.0. The van der Waals surface area contributed by atoms with E-state index in [1.54, 1.807) is 4.57 Å². The fourth-order valence-electron chi connectivity index (χ4n) is 4.13. The molecule has 0 aliphatic heterocycles. The molecule has 2 aromatic carbocycles. The smallest absolute Gasteiger partial charge is 0.345 e. The van der Waals surface area contributed by atoms with E-state index in [9.17, 15) is 14.7 Å². The van der Waals surface area contributed by atoms with Crippen LogP contribution in [0.15, 0.2) is 53.5 Å². The van der Waals surface area contributed by atoms with Crippen LogP contribution in [0.4, 0.5) is 11.8 Å². The van der Waals surface area contributed by atoms with Gasteiger partial charge in [-0.15, -0.1) is 0 Å². The summed E-state index contributed by atoms with van der Waals surface area (Å²) in [6.45, 7) is 2.26. The summed E-state index contributed by atoms with van der Waals surface area (Å²) in [6, 6.07) is 13.3. The first-order valence-corrected chi connectivity index (χ1v) is 10.3. The standard InChI is InChI=1S/C24H23N5O4/c1-3-29-17-10-9-15(13-7-5-4-6-8-13)16(11-14-12-27-24(26)28-21(14)25)18(17)20(30)19(23(31)32)22(29)33-2/h4-10,12H,3,11H2,1-2H3,(H,31,32)(H4,25,26,27,28). The minimum atomic E-state index is -1.35. The number of nitrogens with zero attached hydrogens (tertiary/aromatic N) is 3. The van der Waals surface area contributed by atoms with E-state index in [-0.39, 0.29) is 29.5 Å². The maximum Gasteiger partial charge on any atom is 0.345 e. The first kappa shape index (κ1) is 21.8. The van der Waals surface area contributed by atoms with E-state index in [0.29, 0.717) is 23.2 Å². The van der Waals surface area contributed by atoms with Crippen LogP contribution in [-0.2, 0) is 13.0 Å². The molecular weight excluding hydrogens is 422 g/mol. The zero-order valence-electron chi connectivity index (χ0n) is 18.2. The lowest BCUT2D eigenvalue weighted by Gasteiger charge is -2.20. The second kappa shape index (κ2) is 8.62. The van der Waals surface area contributed by atoms with E-state index >= 15 is 0 Å².